The SMILES string of the molecule is c1ccc(-c2ccc(N(c3ccc(-c4ccccc4)cc3)c3cccc4c3c3ccc(-c5ccccc5)cc3n4-c3ccccc3)cc2)cc1. The molecule has 0 N–H and O–H groups in total. The van der Waals surface area contributed by atoms with E-state index in [2.05, 4.69) is 216 Å². The molecular formula is C48H34N2. The summed E-state index contributed by atoms with van der Waals surface area (Å²) in [4.78, 5) is 2.41. The van der Waals surface area contributed by atoms with Crippen molar-refractivity contribution in [3.8, 4) is 39.1 Å². The lowest BCUT2D eigenvalue weighted by molar-refractivity contribution is 1.18. The molecule has 9 rings (SSSR count). The van der Waals surface area contributed by atoms with Gasteiger partial charge in [-0.3, -0.25) is 0 Å². The molecule has 0 radical (unpaired) electrons. The van der Waals surface area contributed by atoms with Crippen molar-refractivity contribution in [3.05, 3.63) is 206 Å². The fraction of sp³-hybridized carbons (Fsp3) is 0. The highest BCUT2D eigenvalue weighted by molar-refractivity contribution is 6.17. The molecular weight excluding hydrogens is 605 g/mol. The molecule has 50 heavy (non-hydrogen) atoms. The van der Waals surface area contributed by atoms with E-state index in [1.807, 2.05) is 0 Å². The number of hydrogen-bond acceptors (Lipinski definition) is 1. The molecule has 0 spiro atoms. The third kappa shape index (κ3) is 5.34. The highest BCUT2D eigenvalue weighted by atomic mass is 15.1. The quantitative estimate of drug-likeness (QED) is 0.169. The average molecular weight is 639 g/mol. The molecule has 9 aromatic rings. The lowest BCUT2D eigenvalue weighted by Crippen LogP contribution is -2.10. The van der Waals surface area contributed by atoms with Crippen molar-refractivity contribution in [1.29, 1.82) is 0 Å². The van der Waals surface area contributed by atoms with E-state index in [1.54, 1.807) is 0 Å². The van der Waals surface area contributed by atoms with Crippen LogP contribution in [0.1, 0.15) is 0 Å². The van der Waals surface area contributed by atoms with Crippen LogP contribution in [0.2, 0.25) is 0 Å². The highest BCUT2D eigenvalue weighted by Crippen LogP contribution is 2.45. The van der Waals surface area contributed by atoms with Crippen LogP contribution in [0.4, 0.5) is 17.1 Å². The Labute approximate surface area is 292 Å². The Morgan fingerprint density at radius 3 is 1.28 bits per heavy atom. The number of rotatable bonds is 7. The smallest absolute Gasteiger partial charge is 0.0562 e. The Morgan fingerprint density at radius 2 is 0.760 bits per heavy atom. The second-order valence-electron chi connectivity index (χ2n) is 12.6. The van der Waals surface area contributed by atoms with Crippen molar-refractivity contribution in [2.75, 3.05) is 4.90 Å². The Kier molecular flexibility index (Phi) is 7.53. The van der Waals surface area contributed by atoms with Crippen LogP contribution in [0.25, 0.3) is 60.9 Å². The van der Waals surface area contributed by atoms with E-state index < -0.39 is 0 Å². The molecule has 0 amide bonds. The first-order valence-electron chi connectivity index (χ1n) is 17.1. The molecule has 0 aliphatic rings. The van der Waals surface area contributed by atoms with Gasteiger partial charge in [0, 0.05) is 27.8 Å². The molecule has 8 aromatic carbocycles. The van der Waals surface area contributed by atoms with E-state index in [4.69, 9.17) is 0 Å². The number of nitrogens with zero attached hydrogens (tertiary/aromatic N) is 2. The van der Waals surface area contributed by atoms with Gasteiger partial charge in [-0.2, -0.15) is 0 Å². The normalized spacial score (nSPS) is 11.2. The summed E-state index contributed by atoms with van der Waals surface area (Å²) in [5, 5.41) is 2.43. The van der Waals surface area contributed by atoms with Crippen molar-refractivity contribution in [2.45, 2.75) is 0 Å². The molecule has 1 heterocycles. The van der Waals surface area contributed by atoms with Gasteiger partial charge in [-0.1, -0.05) is 152 Å². The lowest BCUT2D eigenvalue weighted by atomic mass is 10.0. The van der Waals surface area contributed by atoms with Crippen LogP contribution in [0, 0.1) is 0 Å². The largest absolute Gasteiger partial charge is 0.310 e. The minimum atomic E-state index is 1.10. The molecule has 0 bridgehead atoms. The predicted molar refractivity (Wildman–Crippen MR) is 212 cm³/mol. The van der Waals surface area contributed by atoms with Crippen molar-refractivity contribution in [3.63, 3.8) is 0 Å². The summed E-state index contributed by atoms with van der Waals surface area (Å²) in [6.07, 6.45) is 0. The number of benzene rings is 8. The van der Waals surface area contributed by atoms with Gasteiger partial charge in [-0.15, -0.1) is 0 Å². The maximum absolute atomic E-state index is 2.41. The van der Waals surface area contributed by atoms with Gasteiger partial charge in [0.15, 0.2) is 0 Å². The molecule has 0 atom stereocenters. The summed E-state index contributed by atoms with van der Waals surface area (Å²) < 4.78 is 2.41. The third-order valence-electron chi connectivity index (χ3n) is 9.60. The Balaban J connectivity index is 1.28. The molecule has 236 valence electrons. The minimum absolute atomic E-state index is 1.10. The molecule has 0 aliphatic carbocycles. The van der Waals surface area contributed by atoms with Crippen LogP contribution in [-0.4, -0.2) is 4.57 Å². The molecule has 0 unspecified atom stereocenters. The van der Waals surface area contributed by atoms with Crippen molar-refractivity contribution >= 4 is 38.9 Å². The van der Waals surface area contributed by atoms with Crippen LogP contribution >= 0.6 is 0 Å². The van der Waals surface area contributed by atoms with Gasteiger partial charge in [0.25, 0.3) is 0 Å². The van der Waals surface area contributed by atoms with Crippen LogP contribution in [0.3, 0.4) is 0 Å². The number of para-hydroxylation sites is 1. The maximum Gasteiger partial charge on any atom is 0.0562 e. The standard InChI is InChI=1S/C48H34N2/c1-5-14-35(15-6-1)38-24-29-42(30-25-38)49(43-31-26-39(27-32-43)36-16-7-2-8-17-36)45-22-13-23-46-48(45)44-33-28-40(37-18-9-3-10-19-37)34-47(44)50(46)41-20-11-4-12-21-41/h1-34H. The van der Waals surface area contributed by atoms with E-state index in [1.165, 1.54) is 55.2 Å². The topological polar surface area (TPSA) is 8.17 Å². The first kappa shape index (κ1) is 29.5. The van der Waals surface area contributed by atoms with Gasteiger partial charge in [0.05, 0.1) is 16.7 Å². The minimum Gasteiger partial charge on any atom is -0.310 e. The summed E-state index contributed by atoms with van der Waals surface area (Å²) in [5.74, 6) is 0. The van der Waals surface area contributed by atoms with Crippen LogP contribution < -0.4 is 4.90 Å². The molecule has 0 fully saturated rings. The van der Waals surface area contributed by atoms with Crippen molar-refractivity contribution in [1.82, 2.24) is 4.57 Å². The summed E-state index contributed by atoms with van der Waals surface area (Å²) in [6.45, 7) is 0. The van der Waals surface area contributed by atoms with Gasteiger partial charge in [0.1, 0.15) is 0 Å². The number of hydrogen-bond donors (Lipinski definition) is 0. The zero-order valence-corrected chi connectivity index (χ0v) is 27.5. The second kappa shape index (κ2) is 12.8. The second-order valence-corrected chi connectivity index (χ2v) is 12.6. The van der Waals surface area contributed by atoms with E-state index in [0.29, 0.717) is 0 Å². The van der Waals surface area contributed by atoms with E-state index in [0.717, 1.165) is 22.7 Å². The number of fused-ring (bicyclic) bond motifs is 3. The van der Waals surface area contributed by atoms with Crippen LogP contribution in [0.15, 0.2) is 206 Å². The maximum atomic E-state index is 2.41. The van der Waals surface area contributed by atoms with Gasteiger partial charge in [-0.25, -0.2) is 0 Å². The lowest BCUT2D eigenvalue weighted by Gasteiger charge is -2.27. The summed E-state index contributed by atoms with van der Waals surface area (Å²) in [5.41, 5.74) is 14.0. The summed E-state index contributed by atoms with van der Waals surface area (Å²) in [6, 6.07) is 74.0. The Morgan fingerprint density at radius 1 is 0.320 bits per heavy atom. The first-order valence-corrected chi connectivity index (χ1v) is 17.1. The molecule has 0 aliphatic heterocycles. The van der Waals surface area contributed by atoms with Crippen molar-refractivity contribution < 1.29 is 0 Å². The number of anilines is 3. The van der Waals surface area contributed by atoms with E-state index in [-0.39, 0.29) is 0 Å². The zero-order valence-electron chi connectivity index (χ0n) is 27.5. The summed E-state index contributed by atoms with van der Waals surface area (Å²) >= 11 is 0. The highest BCUT2D eigenvalue weighted by Gasteiger charge is 2.21. The van der Waals surface area contributed by atoms with Crippen LogP contribution in [-0.2, 0) is 0 Å². The monoisotopic (exact) mass is 638 g/mol. The fourth-order valence-electron chi connectivity index (χ4n) is 7.19. The average Bonchev–Trinajstić information content (AvgIpc) is 3.54. The fourth-order valence-corrected chi connectivity index (χ4v) is 7.19. The molecule has 0 saturated heterocycles. The predicted octanol–water partition coefficient (Wildman–Crippen LogP) is 13.3. The van der Waals surface area contributed by atoms with Gasteiger partial charge in [0.2, 0.25) is 0 Å². The Bertz CT molecular complexity index is 2450. The van der Waals surface area contributed by atoms with E-state index in [9.17, 15) is 0 Å². The van der Waals surface area contributed by atoms with E-state index >= 15 is 0 Å². The molecule has 2 heteroatoms. The van der Waals surface area contributed by atoms with Crippen molar-refractivity contribution in [2.24, 2.45) is 0 Å². The Hall–Kier alpha value is -6.64. The van der Waals surface area contributed by atoms with Gasteiger partial charge >= 0.3 is 0 Å². The first-order chi connectivity index (χ1) is 24.8. The van der Waals surface area contributed by atoms with Crippen LogP contribution in [0.5, 0.6) is 0 Å². The van der Waals surface area contributed by atoms with Gasteiger partial charge < -0.3 is 9.47 Å². The zero-order chi connectivity index (χ0) is 33.3. The number of aromatic nitrogens is 1. The molecule has 2 nitrogen and oxygen atoms in total. The third-order valence-corrected chi connectivity index (χ3v) is 9.60. The molecule has 1 aromatic heterocycles. The van der Waals surface area contributed by atoms with Gasteiger partial charge in [-0.05, 0) is 88.0 Å². The summed E-state index contributed by atoms with van der Waals surface area (Å²) in [7, 11) is 0. The molecule has 0 saturated carbocycles.